The van der Waals surface area contributed by atoms with E-state index in [4.69, 9.17) is 4.74 Å². The van der Waals surface area contributed by atoms with Gasteiger partial charge in [0.05, 0.1) is 12.6 Å². The normalized spacial score (nSPS) is 16.1. The molecule has 0 amide bonds. The fraction of sp³-hybridized carbons (Fsp3) is 0.312. The quantitative estimate of drug-likeness (QED) is 0.889. The van der Waals surface area contributed by atoms with Crippen molar-refractivity contribution in [2.75, 3.05) is 11.9 Å². The van der Waals surface area contributed by atoms with Crippen molar-refractivity contribution in [1.82, 2.24) is 9.13 Å². The standard InChI is InChI=1S/C16H16N4O3/c1-19-14(11(9-17)15(21)20(2)16(19)22)18-12-7-8-23-13-6-4-3-5-10(12)13/h3-6,12,18H,7-8H2,1-2H3/t12-/m1/s1. The third-order valence-electron chi connectivity index (χ3n) is 4.05. The second kappa shape index (κ2) is 5.65. The van der Waals surface area contributed by atoms with Crippen molar-refractivity contribution in [2.24, 2.45) is 14.1 Å². The summed E-state index contributed by atoms with van der Waals surface area (Å²) in [4.78, 5) is 24.3. The van der Waals surface area contributed by atoms with E-state index in [1.165, 1.54) is 18.7 Å². The maximum absolute atomic E-state index is 12.1. The monoisotopic (exact) mass is 312 g/mol. The molecule has 2 heterocycles. The van der Waals surface area contributed by atoms with Gasteiger partial charge in [-0.2, -0.15) is 5.26 Å². The molecule has 7 heteroatoms. The van der Waals surface area contributed by atoms with Crippen molar-refractivity contribution < 1.29 is 4.74 Å². The predicted molar refractivity (Wildman–Crippen MR) is 84.6 cm³/mol. The van der Waals surface area contributed by atoms with E-state index in [2.05, 4.69) is 5.32 Å². The molecule has 2 aromatic rings. The number of nitriles is 1. The molecule has 0 bridgehead atoms. The number of para-hydroxylation sites is 1. The Morgan fingerprint density at radius 3 is 2.74 bits per heavy atom. The molecule has 0 saturated heterocycles. The van der Waals surface area contributed by atoms with E-state index in [0.717, 1.165) is 15.9 Å². The SMILES string of the molecule is Cn1c(N[C@@H]2CCOc3ccccc32)c(C#N)c(=O)n(C)c1=O. The molecule has 1 aromatic heterocycles. The Morgan fingerprint density at radius 1 is 1.26 bits per heavy atom. The molecule has 3 rings (SSSR count). The zero-order valence-electron chi connectivity index (χ0n) is 12.9. The van der Waals surface area contributed by atoms with Crippen LogP contribution in [0, 0.1) is 11.3 Å². The molecule has 1 aliphatic heterocycles. The van der Waals surface area contributed by atoms with Crippen LogP contribution in [0.4, 0.5) is 5.82 Å². The van der Waals surface area contributed by atoms with Crippen LogP contribution in [0.2, 0.25) is 0 Å². The lowest BCUT2D eigenvalue weighted by Gasteiger charge is -2.28. The number of anilines is 1. The van der Waals surface area contributed by atoms with Gasteiger partial charge in [-0.25, -0.2) is 4.79 Å². The van der Waals surface area contributed by atoms with Crippen molar-refractivity contribution in [2.45, 2.75) is 12.5 Å². The van der Waals surface area contributed by atoms with Gasteiger partial charge < -0.3 is 10.1 Å². The number of ether oxygens (including phenoxy) is 1. The Kier molecular flexibility index (Phi) is 3.66. The van der Waals surface area contributed by atoms with E-state index >= 15 is 0 Å². The van der Waals surface area contributed by atoms with Crippen LogP contribution in [0.25, 0.3) is 0 Å². The zero-order valence-corrected chi connectivity index (χ0v) is 12.9. The highest BCUT2D eigenvalue weighted by atomic mass is 16.5. The van der Waals surface area contributed by atoms with E-state index in [1.807, 2.05) is 30.3 Å². The Morgan fingerprint density at radius 2 is 2.00 bits per heavy atom. The summed E-state index contributed by atoms with van der Waals surface area (Å²) >= 11 is 0. The fourth-order valence-corrected chi connectivity index (χ4v) is 2.77. The van der Waals surface area contributed by atoms with Crippen LogP contribution in [0.3, 0.4) is 0 Å². The van der Waals surface area contributed by atoms with Gasteiger partial charge in [0.2, 0.25) is 0 Å². The van der Waals surface area contributed by atoms with Gasteiger partial charge in [-0.05, 0) is 6.07 Å². The molecule has 0 fully saturated rings. The number of nitrogens with zero attached hydrogens (tertiary/aromatic N) is 3. The average Bonchev–Trinajstić information content (AvgIpc) is 2.58. The van der Waals surface area contributed by atoms with Gasteiger partial charge in [-0.1, -0.05) is 18.2 Å². The first kappa shape index (κ1) is 14.9. The van der Waals surface area contributed by atoms with Crippen molar-refractivity contribution >= 4 is 5.82 Å². The molecule has 1 atom stereocenters. The lowest BCUT2D eigenvalue weighted by atomic mass is 10.0. The molecule has 0 spiro atoms. The van der Waals surface area contributed by atoms with Crippen molar-refractivity contribution in [3.63, 3.8) is 0 Å². The molecule has 7 nitrogen and oxygen atoms in total. The summed E-state index contributed by atoms with van der Waals surface area (Å²) in [6.45, 7) is 0.523. The van der Waals surface area contributed by atoms with Gasteiger partial charge in [0.25, 0.3) is 5.56 Å². The summed E-state index contributed by atoms with van der Waals surface area (Å²) in [5.41, 5.74) is -0.204. The lowest BCUT2D eigenvalue weighted by Crippen LogP contribution is -2.40. The zero-order chi connectivity index (χ0) is 16.6. The summed E-state index contributed by atoms with van der Waals surface area (Å²) in [6, 6.07) is 9.35. The van der Waals surface area contributed by atoms with Crippen LogP contribution >= 0.6 is 0 Å². The molecule has 118 valence electrons. The molecule has 0 aliphatic carbocycles. The second-order valence-electron chi connectivity index (χ2n) is 5.41. The van der Waals surface area contributed by atoms with Crippen LogP contribution in [-0.2, 0) is 14.1 Å². The molecular weight excluding hydrogens is 296 g/mol. The van der Waals surface area contributed by atoms with E-state index in [-0.39, 0.29) is 17.4 Å². The molecule has 1 N–H and O–H groups in total. The van der Waals surface area contributed by atoms with Crippen LogP contribution < -0.4 is 21.3 Å². The van der Waals surface area contributed by atoms with E-state index in [0.29, 0.717) is 13.0 Å². The largest absolute Gasteiger partial charge is 0.493 e. The number of hydrogen-bond acceptors (Lipinski definition) is 5. The molecule has 0 saturated carbocycles. The van der Waals surface area contributed by atoms with E-state index < -0.39 is 11.2 Å². The van der Waals surface area contributed by atoms with Crippen molar-refractivity contribution in [3.8, 4) is 11.8 Å². The van der Waals surface area contributed by atoms with Gasteiger partial charge in [-0.3, -0.25) is 13.9 Å². The minimum absolute atomic E-state index is 0.0708. The van der Waals surface area contributed by atoms with Gasteiger partial charge in [0, 0.05) is 26.1 Å². The number of fused-ring (bicyclic) bond motifs is 1. The van der Waals surface area contributed by atoms with Crippen LogP contribution in [0.1, 0.15) is 23.6 Å². The number of rotatable bonds is 2. The van der Waals surface area contributed by atoms with Crippen molar-refractivity contribution in [1.29, 1.82) is 5.26 Å². The Bertz CT molecular complexity index is 920. The molecule has 0 unspecified atom stereocenters. The first-order chi connectivity index (χ1) is 11.0. The number of aromatic nitrogens is 2. The fourth-order valence-electron chi connectivity index (χ4n) is 2.77. The van der Waals surface area contributed by atoms with Gasteiger partial charge >= 0.3 is 5.69 Å². The van der Waals surface area contributed by atoms with Crippen LogP contribution in [0.5, 0.6) is 5.75 Å². The predicted octanol–water partition coefficient (Wildman–Crippen LogP) is 0.891. The molecule has 23 heavy (non-hydrogen) atoms. The number of nitrogens with one attached hydrogen (secondary N) is 1. The minimum atomic E-state index is -0.599. The van der Waals surface area contributed by atoms with Crippen LogP contribution in [-0.4, -0.2) is 15.7 Å². The number of benzene rings is 1. The first-order valence-corrected chi connectivity index (χ1v) is 7.23. The summed E-state index contributed by atoms with van der Waals surface area (Å²) in [5.74, 6) is 1.01. The third kappa shape index (κ3) is 2.38. The minimum Gasteiger partial charge on any atom is -0.493 e. The first-order valence-electron chi connectivity index (χ1n) is 7.23. The third-order valence-corrected chi connectivity index (χ3v) is 4.05. The Labute approximate surface area is 132 Å². The number of hydrogen-bond donors (Lipinski definition) is 1. The molecule has 1 aliphatic rings. The lowest BCUT2D eigenvalue weighted by molar-refractivity contribution is 0.274. The topological polar surface area (TPSA) is 89.1 Å². The van der Waals surface area contributed by atoms with Crippen LogP contribution in [0.15, 0.2) is 33.9 Å². The molecule has 1 aromatic carbocycles. The molecular formula is C16H16N4O3. The smallest absolute Gasteiger partial charge is 0.332 e. The van der Waals surface area contributed by atoms with Crippen molar-refractivity contribution in [3.05, 3.63) is 56.2 Å². The Balaban J connectivity index is 2.11. The highest BCUT2D eigenvalue weighted by Crippen LogP contribution is 2.33. The van der Waals surface area contributed by atoms with E-state index in [1.54, 1.807) is 0 Å². The van der Waals surface area contributed by atoms with E-state index in [9.17, 15) is 14.9 Å². The highest BCUT2D eigenvalue weighted by molar-refractivity contribution is 5.54. The van der Waals surface area contributed by atoms with Gasteiger partial charge in [-0.15, -0.1) is 0 Å². The summed E-state index contributed by atoms with van der Waals surface area (Å²) in [7, 11) is 2.90. The van der Waals surface area contributed by atoms with Gasteiger partial charge in [0.1, 0.15) is 17.6 Å². The summed E-state index contributed by atoms with van der Waals surface area (Å²) in [5, 5.41) is 12.5. The Hall–Kier alpha value is -3.01. The van der Waals surface area contributed by atoms with Gasteiger partial charge in [0.15, 0.2) is 5.56 Å². The summed E-state index contributed by atoms with van der Waals surface area (Å²) < 4.78 is 7.83. The average molecular weight is 312 g/mol. The highest BCUT2D eigenvalue weighted by Gasteiger charge is 2.24. The maximum atomic E-state index is 12.1. The maximum Gasteiger partial charge on any atom is 0.332 e. The summed E-state index contributed by atoms with van der Waals surface area (Å²) in [6.07, 6.45) is 0.672. The second-order valence-corrected chi connectivity index (χ2v) is 5.41. The molecule has 0 radical (unpaired) electrons.